The Labute approximate surface area is 120 Å². The summed E-state index contributed by atoms with van der Waals surface area (Å²) in [7, 11) is -3.56. The van der Waals surface area contributed by atoms with E-state index in [1.165, 1.54) is 28.4 Å². The molecule has 2 rings (SSSR count). The molecule has 0 aliphatic rings. The van der Waals surface area contributed by atoms with E-state index in [2.05, 4.69) is 9.82 Å². The molecule has 19 heavy (non-hydrogen) atoms. The summed E-state index contributed by atoms with van der Waals surface area (Å²) in [6, 6.07) is 3.52. The van der Waals surface area contributed by atoms with Gasteiger partial charge in [-0.05, 0) is 12.1 Å². The average Bonchev–Trinajstić information content (AvgIpc) is 2.97. The summed E-state index contributed by atoms with van der Waals surface area (Å²) in [5.74, 6) is 0. The Morgan fingerprint density at radius 2 is 2.26 bits per heavy atom. The zero-order valence-corrected chi connectivity index (χ0v) is 12.3. The fraction of sp³-hybridized carbons (Fsp3) is 0.300. The smallest absolute Gasteiger partial charge is 0.244 e. The highest BCUT2D eigenvalue weighted by atomic mass is 35.5. The molecule has 0 saturated heterocycles. The van der Waals surface area contributed by atoms with E-state index in [4.69, 9.17) is 17.3 Å². The highest BCUT2D eigenvalue weighted by molar-refractivity contribution is 7.89. The van der Waals surface area contributed by atoms with Crippen LogP contribution in [0.4, 0.5) is 0 Å². The van der Waals surface area contributed by atoms with Gasteiger partial charge in [0.2, 0.25) is 10.0 Å². The molecule has 0 aliphatic heterocycles. The maximum atomic E-state index is 12.0. The van der Waals surface area contributed by atoms with Gasteiger partial charge < -0.3 is 5.73 Å². The summed E-state index contributed by atoms with van der Waals surface area (Å²) in [5, 5.41) is 3.93. The van der Waals surface area contributed by atoms with Crippen molar-refractivity contribution < 1.29 is 8.42 Å². The molecule has 2 aromatic heterocycles. The minimum absolute atomic E-state index is 0.128. The van der Waals surface area contributed by atoms with Crippen molar-refractivity contribution in [2.45, 2.75) is 18.0 Å². The number of hydrogen-bond donors (Lipinski definition) is 2. The first-order valence-corrected chi connectivity index (χ1v) is 8.15. The summed E-state index contributed by atoms with van der Waals surface area (Å²) < 4.78 is 28.6. The molecule has 6 nitrogen and oxygen atoms in total. The molecule has 2 aromatic rings. The molecule has 0 aromatic carbocycles. The van der Waals surface area contributed by atoms with Crippen molar-refractivity contribution in [1.29, 1.82) is 0 Å². The van der Waals surface area contributed by atoms with Crippen molar-refractivity contribution in [2.75, 3.05) is 6.54 Å². The first kappa shape index (κ1) is 14.5. The van der Waals surface area contributed by atoms with E-state index in [0.717, 1.165) is 4.88 Å². The van der Waals surface area contributed by atoms with Gasteiger partial charge in [0.05, 0.1) is 17.1 Å². The second kappa shape index (κ2) is 6.02. The Balaban J connectivity index is 2.04. The fourth-order valence-corrected chi connectivity index (χ4v) is 3.51. The van der Waals surface area contributed by atoms with E-state index in [-0.39, 0.29) is 11.4 Å². The van der Waals surface area contributed by atoms with Gasteiger partial charge >= 0.3 is 0 Å². The van der Waals surface area contributed by atoms with E-state index >= 15 is 0 Å². The van der Waals surface area contributed by atoms with Crippen LogP contribution in [0.2, 0.25) is 4.34 Å². The molecule has 0 spiro atoms. The molecule has 0 amide bonds. The lowest BCUT2D eigenvalue weighted by Crippen LogP contribution is -2.22. The summed E-state index contributed by atoms with van der Waals surface area (Å²) in [5.41, 5.74) is 5.38. The monoisotopic (exact) mass is 320 g/mol. The highest BCUT2D eigenvalue weighted by Gasteiger charge is 2.16. The third-order valence-corrected chi connectivity index (χ3v) is 4.93. The Morgan fingerprint density at radius 3 is 2.89 bits per heavy atom. The zero-order valence-electron chi connectivity index (χ0n) is 9.91. The lowest BCUT2D eigenvalue weighted by atomic mass is 10.5. The van der Waals surface area contributed by atoms with E-state index in [1.807, 2.05) is 0 Å². The molecule has 0 fully saturated rings. The van der Waals surface area contributed by atoms with Crippen LogP contribution in [0.3, 0.4) is 0 Å². The van der Waals surface area contributed by atoms with Crippen LogP contribution in [0.15, 0.2) is 29.4 Å². The minimum Gasteiger partial charge on any atom is -0.329 e. The predicted molar refractivity (Wildman–Crippen MR) is 74.6 cm³/mol. The van der Waals surface area contributed by atoms with Crippen LogP contribution in [-0.2, 0) is 23.1 Å². The SMILES string of the molecule is NCCn1cc(S(=O)(=O)NCc2ccc(Cl)s2)cn1. The number of nitrogens with two attached hydrogens (primary N) is 1. The van der Waals surface area contributed by atoms with Gasteiger partial charge in [0.1, 0.15) is 4.90 Å². The van der Waals surface area contributed by atoms with E-state index in [9.17, 15) is 8.42 Å². The van der Waals surface area contributed by atoms with Gasteiger partial charge in [-0.3, -0.25) is 4.68 Å². The van der Waals surface area contributed by atoms with Crippen LogP contribution in [0.1, 0.15) is 4.88 Å². The number of halogens is 1. The van der Waals surface area contributed by atoms with Crippen LogP contribution in [0.25, 0.3) is 0 Å². The second-order valence-corrected chi connectivity index (χ2v) is 7.32. The maximum absolute atomic E-state index is 12.0. The fourth-order valence-electron chi connectivity index (χ4n) is 1.43. The first-order valence-electron chi connectivity index (χ1n) is 5.47. The van der Waals surface area contributed by atoms with Crippen molar-refractivity contribution in [3.63, 3.8) is 0 Å². The van der Waals surface area contributed by atoms with Gasteiger partial charge in [0, 0.05) is 24.2 Å². The molecular weight excluding hydrogens is 308 g/mol. The van der Waals surface area contributed by atoms with E-state index in [0.29, 0.717) is 17.4 Å². The molecule has 0 radical (unpaired) electrons. The second-order valence-electron chi connectivity index (χ2n) is 3.76. The maximum Gasteiger partial charge on any atom is 0.244 e. The average molecular weight is 321 g/mol. The number of hydrogen-bond acceptors (Lipinski definition) is 5. The molecule has 0 atom stereocenters. The zero-order chi connectivity index (χ0) is 13.9. The topological polar surface area (TPSA) is 90.0 Å². The van der Waals surface area contributed by atoms with Crippen molar-refractivity contribution in [3.8, 4) is 0 Å². The summed E-state index contributed by atoms with van der Waals surface area (Å²) in [6.45, 7) is 1.10. The molecule has 0 aliphatic carbocycles. The minimum atomic E-state index is -3.56. The number of thiophene rings is 1. The normalized spacial score (nSPS) is 11.9. The van der Waals surface area contributed by atoms with Crippen LogP contribution in [0, 0.1) is 0 Å². The molecule has 9 heteroatoms. The molecular formula is C10H13ClN4O2S2. The van der Waals surface area contributed by atoms with Crippen molar-refractivity contribution >= 4 is 33.0 Å². The Kier molecular flexibility index (Phi) is 4.58. The lowest BCUT2D eigenvalue weighted by molar-refractivity contribution is 0.580. The Hall–Kier alpha value is -0.930. The van der Waals surface area contributed by atoms with Gasteiger partial charge in [0.25, 0.3) is 0 Å². The summed E-state index contributed by atoms with van der Waals surface area (Å²) >= 11 is 7.12. The number of nitrogens with one attached hydrogen (secondary N) is 1. The van der Waals surface area contributed by atoms with Crippen LogP contribution >= 0.6 is 22.9 Å². The standard InChI is InChI=1S/C10H13ClN4O2S2/c11-10-2-1-8(18-10)5-14-19(16,17)9-6-13-15(7-9)4-3-12/h1-2,6-7,14H,3-5,12H2. The number of sulfonamides is 1. The molecule has 0 saturated carbocycles. The van der Waals surface area contributed by atoms with Crippen LogP contribution in [0.5, 0.6) is 0 Å². The van der Waals surface area contributed by atoms with E-state index < -0.39 is 10.0 Å². The van der Waals surface area contributed by atoms with Crippen molar-refractivity contribution in [1.82, 2.24) is 14.5 Å². The Bertz CT molecular complexity index is 650. The van der Waals surface area contributed by atoms with Gasteiger partial charge in [-0.15, -0.1) is 11.3 Å². The highest BCUT2D eigenvalue weighted by Crippen LogP contribution is 2.21. The number of nitrogens with zero attached hydrogens (tertiary/aromatic N) is 2. The first-order chi connectivity index (χ1) is 9.01. The quantitative estimate of drug-likeness (QED) is 0.832. The molecule has 104 valence electrons. The Morgan fingerprint density at radius 1 is 1.47 bits per heavy atom. The van der Waals surface area contributed by atoms with Crippen LogP contribution < -0.4 is 10.5 Å². The van der Waals surface area contributed by atoms with Gasteiger partial charge in [0.15, 0.2) is 0 Å². The van der Waals surface area contributed by atoms with Crippen molar-refractivity contribution in [3.05, 3.63) is 33.7 Å². The van der Waals surface area contributed by atoms with Gasteiger partial charge in [-0.25, -0.2) is 13.1 Å². The molecule has 0 unspecified atom stereocenters. The third-order valence-electron chi connectivity index (χ3n) is 2.34. The molecule has 3 N–H and O–H groups in total. The number of rotatable bonds is 6. The van der Waals surface area contributed by atoms with E-state index in [1.54, 1.807) is 12.1 Å². The third kappa shape index (κ3) is 3.77. The van der Waals surface area contributed by atoms with Gasteiger partial charge in [-0.1, -0.05) is 11.6 Å². The molecule has 2 heterocycles. The largest absolute Gasteiger partial charge is 0.329 e. The van der Waals surface area contributed by atoms with Gasteiger partial charge in [-0.2, -0.15) is 5.10 Å². The number of aromatic nitrogens is 2. The van der Waals surface area contributed by atoms with Crippen LogP contribution in [-0.4, -0.2) is 24.7 Å². The van der Waals surface area contributed by atoms with Crippen molar-refractivity contribution in [2.24, 2.45) is 5.73 Å². The summed E-state index contributed by atoms with van der Waals surface area (Å²) in [6.07, 6.45) is 2.76. The lowest BCUT2D eigenvalue weighted by Gasteiger charge is -2.02. The molecule has 0 bridgehead atoms. The predicted octanol–water partition coefficient (Wildman–Crippen LogP) is 1.04. The summed E-state index contributed by atoms with van der Waals surface area (Å²) in [4.78, 5) is 0.978.